The Morgan fingerprint density at radius 2 is 1.72 bits per heavy atom. The van der Waals surface area contributed by atoms with Crippen molar-refractivity contribution in [3.8, 4) is 0 Å². The maximum atomic E-state index is 11.7. The molecular weight excluding hydrogens is 224 g/mol. The lowest BCUT2D eigenvalue weighted by molar-refractivity contribution is 0.0827. The van der Waals surface area contributed by atoms with Crippen LogP contribution in [-0.2, 0) is 0 Å². The summed E-state index contributed by atoms with van der Waals surface area (Å²) < 4.78 is 0. The molecule has 0 aromatic heterocycles. The Balaban J connectivity index is 2.53. The molecule has 0 spiro atoms. The van der Waals surface area contributed by atoms with Crippen LogP contribution in [0.2, 0.25) is 0 Å². The molecule has 1 aromatic carbocycles. The van der Waals surface area contributed by atoms with E-state index in [0.29, 0.717) is 5.41 Å². The van der Waals surface area contributed by atoms with Gasteiger partial charge in [0.05, 0.1) is 0 Å². The molecule has 0 saturated carbocycles. The number of benzene rings is 1. The van der Waals surface area contributed by atoms with E-state index in [1.165, 1.54) is 0 Å². The maximum absolute atomic E-state index is 11.7. The van der Waals surface area contributed by atoms with Crippen LogP contribution in [-0.4, -0.2) is 31.4 Å². The topological polar surface area (TPSA) is 32.3 Å². The third-order valence-electron chi connectivity index (χ3n) is 2.74. The van der Waals surface area contributed by atoms with Crippen molar-refractivity contribution in [2.75, 3.05) is 26.0 Å². The molecule has 0 bridgehead atoms. The van der Waals surface area contributed by atoms with E-state index in [0.717, 1.165) is 24.2 Å². The highest BCUT2D eigenvalue weighted by atomic mass is 16.2. The fraction of sp³-hybridized carbons (Fsp3) is 0.533. The Kier molecular flexibility index (Phi) is 4.76. The zero-order valence-electron chi connectivity index (χ0n) is 12.1. The van der Waals surface area contributed by atoms with Crippen LogP contribution in [0.5, 0.6) is 0 Å². The van der Waals surface area contributed by atoms with Crippen LogP contribution in [0, 0.1) is 5.41 Å². The molecule has 0 aliphatic heterocycles. The minimum Gasteiger partial charge on any atom is -0.385 e. The number of nitrogens with zero attached hydrogens (tertiary/aromatic N) is 1. The number of carbonyl (C=O) groups is 1. The van der Waals surface area contributed by atoms with Crippen molar-refractivity contribution >= 4 is 11.6 Å². The van der Waals surface area contributed by atoms with E-state index in [1.807, 2.05) is 24.3 Å². The SMILES string of the molecule is CN(C)C(=O)c1ccc(NCCC(C)(C)C)cc1. The van der Waals surface area contributed by atoms with Gasteiger partial charge in [0.1, 0.15) is 0 Å². The maximum Gasteiger partial charge on any atom is 0.253 e. The van der Waals surface area contributed by atoms with Gasteiger partial charge in [-0.15, -0.1) is 0 Å². The monoisotopic (exact) mass is 248 g/mol. The van der Waals surface area contributed by atoms with Gasteiger partial charge in [-0.2, -0.15) is 0 Å². The fourth-order valence-corrected chi connectivity index (χ4v) is 1.57. The highest BCUT2D eigenvalue weighted by molar-refractivity contribution is 5.94. The summed E-state index contributed by atoms with van der Waals surface area (Å²) >= 11 is 0. The number of nitrogens with one attached hydrogen (secondary N) is 1. The first-order valence-electron chi connectivity index (χ1n) is 6.35. The van der Waals surface area contributed by atoms with Crippen LogP contribution in [0.1, 0.15) is 37.6 Å². The van der Waals surface area contributed by atoms with Crippen LogP contribution in [0.4, 0.5) is 5.69 Å². The minimum absolute atomic E-state index is 0.0382. The molecule has 0 heterocycles. The number of amides is 1. The van der Waals surface area contributed by atoms with Gasteiger partial charge in [-0.3, -0.25) is 4.79 Å². The van der Waals surface area contributed by atoms with Gasteiger partial charge < -0.3 is 10.2 Å². The molecule has 0 atom stereocenters. The predicted molar refractivity (Wildman–Crippen MR) is 77.0 cm³/mol. The van der Waals surface area contributed by atoms with Gasteiger partial charge in [0, 0.05) is 31.9 Å². The lowest BCUT2D eigenvalue weighted by Crippen LogP contribution is -2.21. The molecule has 0 saturated heterocycles. The second kappa shape index (κ2) is 5.89. The Morgan fingerprint density at radius 1 is 1.17 bits per heavy atom. The summed E-state index contributed by atoms with van der Waals surface area (Å²) in [6.07, 6.45) is 1.12. The van der Waals surface area contributed by atoms with E-state index in [2.05, 4.69) is 26.1 Å². The van der Waals surface area contributed by atoms with Crippen molar-refractivity contribution in [3.63, 3.8) is 0 Å². The van der Waals surface area contributed by atoms with Crippen molar-refractivity contribution in [1.29, 1.82) is 0 Å². The van der Waals surface area contributed by atoms with Gasteiger partial charge in [-0.25, -0.2) is 0 Å². The molecule has 0 fully saturated rings. The summed E-state index contributed by atoms with van der Waals surface area (Å²) in [6, 6.07) is 7.64. The smallest absolute Gasteiger partial charge is 0.253 e. The molecule has 1 amide bonds. The lowest BCUT2D eigenvalue weighted by atomic mass is 9.92. The fourth-order valence-electron chi connectivity index (χ4n) is 1.57. The van der Waals surface area contributed by atoms with Gasteiger partial charge in [0.15, 0.2) is 0 Å². The van der Waals surface area contributed by atoms with Crippen molar-refractivity contribution in [1.82, 2.24) is 4.90 Å². The van der Waals surface area contributed by atoms with Crippen molar-refractivity contribution in [2.45, 2.75) is 27.2 Å². The summed E-state index contributed by atoms with van der Waals surface area (Å²) in [7, 11) is 3.52. The Bertz CT molecular complexity index is 388. The number of anilines is 1. The third-order valence-corrected chi connectivity index (χ3v) is 2.74. The normalized spacial score (nSPS) is 11.2. The largest absolute Gasteiger partial charge is 0.385 e. The summed E-state index contributed by atoms with van der Waals surface area (Å²) in [5, 5.41) is 3.37. The first kappa shape index (κ1) is 14.6. The summed E-state index contributed by atoms with van der Waals surface area (Å²) in [5.41, 5.74) is 2.13. The van der Waals surface area contributed by atoms with Gasteiger partial charge >= 0.3 is 0 Å². The zero-order chi connectivity index (χ0) is 13.8. The molecule has 3 heteroatoms. The molecule has 0 aliphatic rings. The van der Waals surface area contributed by atoms with E-state index >= 15 is 0 Å². The first-order valence-corrected chi connectivity index (χ1v) is 6.35. The van der Waals surface area contributed by atoms with E-state index in [-0.39, 0.29) is 5.91 Å². The van der Waals surface area contributed by atoms with Gasteiger partial charge in [-0.1, -0.05) is 20.8 Å². The molecule has 0 aliphatic carbocycles. The molecule has 0 radical (unpaired) electrons. The lowest BCUT2D eigenvalue weighted by Gasteiger charge is -2.18. The third kappa shape index (κ3) is 4.78. The number of hydrogen-bond acceptors (Lipinski definition) is 2. The van der Waals surface area contributed by atoms with Crippen LogP contribution in [0.3, 0.4) is 0 Å². The van der Waals surface area contributed by atoms with Crippen LogP contribution >= 0.6 is 0 Å². The molecular formula is C15H24N2O. The molecule has 1 aromatic rings. The molecule has 0 unspecified atom stereocenters. The van der Waals surface area contributed by atoms with Crippen LogP contribution in [0.15, 0.2) is 24.3 Å². The van der Waals surface area contributed by atoms with Crippen molar-refractivity contribution < 1.29 is 4.79 Å². The number of hydrogen-bond donors (Lipinski definition) is 1. The second-order valence-corrected chi connectivity index (χ2v) is 6.01. The Labute approximate surface area is 110 Å². The quantitative estimate of drug-likeness (QED) is 0.887. The van der Waals surface area contributed by atoms with Crippen LogP contribution in [0.25, 0.3) is 0 Å². The van der Waals surface area contributed by atoms with Crippen LogP contribution < -0.4 is 5.32 Å². The van der Waals surface area contributed by atoms with E-state index < -0.39 is 0 Å². The summed E-state index contributed by atoms with van der Waals surface area (Å²) in [6.45, 7) is 7.64. The molecule has 1 N–H and O–H groups in total. The summed E-state index contributed by atoms with van der Waals surface area (Å²) in [4.78, 5) is 13.3. The van der Waals surface area contributed by atoms with Gasteiger partial charge in [0.2, 0.25) is 0 Å². The van der Waals surface area contributed by atoms with E-state index in [1.54, 1.807) is 19.0 Å². The average molecular weight is 248 g/mol. The molecule has 18 heavy (non-hydrogen) atoms. The standard InChI is InChI=1S/C15H24N2O/c1-15(2,3)10-11-16-13-8-6-12(7-9-13)14(18)17(4)5/h6-9,16H,10-11H2,1-5H3. The van der Waals surface area contributed by atoms with Gasteiger partial charge in [-0.05, 0) is 36.1 Å². The molecule has 3 nitrogen and oxygen atoms in total. The van der Waals surface area contributed by atoms with Crippen molar-refractivity contribution in [2.24, 2.45) is 5.41 Å². The van der Waals surface area contributed by atoms with Gasteiger partial charge in [0.25, 0.3) is 5.91 Å². The predicted octanol–water partition coefficient (Wildman–Crippen LogP) is 3.24. The highest BCUT2D eigenvalue weighted by Gasteiger charge is 2.09. The minimum atomic E-state index is 0.0382. The Morgan fingerprint density at radius 3 is 2.17 bits per heavy atom. The van der Waals surface area contributed by atoms with E-state index in [9.17, 15) is 4.79 Å². The average Bonchev–Trinajstić information content (AvgIpc) is 2.27. The highest BCUT2D eigenvalue weighted by Crippen LogP contribution is 2.18. The van der Waals surface area contributed by atoms with E-state index in [4.69, 9.17) is 0 Å². The number of rotatable bonds is 4. The summed E-state index contributed by atoms with van der Waals surface area (Å²) in [5.74, 6) is 0.0382. The number of carbonyl (C=O) groups excluding carboxylic acids is 1. The Hall–Kier alpha value is -1.51. The first-order chi connectivity index (χ1) is 8.29. The molecule has 1 rings (SSSR count). The molecule has 100 valence electrons. The zero-order valence-corrected chi connectivity index (χ0v) is 12.1. The second-order valence-electron chi connectivity index (χ2n) is 6.01. The van der Waals surface area contributed by atoms with Crippen molar-refractivity contribution in [3.05, 3.63) is 29.8 Å².